The van der Waals surface area contributed by atoms with Crippen LogP contribution >= 0.6 is 24.0 Å². The van der Waals surface area contributed by atoms with Crippen molar-refractivity contribution in [1.29, 1.82) is 0 Å². The van der Waals surface area contributed by atoms with E-state index in [1.807, 2.05) is 0 Å². The summed E-state index contributed by atoms with van der Waals surface area (Å²) in [6.45, 7) is 7.77. The van der Waals surface area contributed by atoms with E-state index in [9.17, 15) is 0 Å². The Morgan fingerprint density at radius 2 is 2.00 bits per heavy atom. The first kappa shape index (κ1) is 15.6. The molecule has 1 saturated heterocycles. The van der Waals surface area contributed by atoms with E-state index in [0.29, 0.717) is 4.99 Å². The summed E-state index contributed by atoms with van der Waals surface area (Å²) in [6.07, 6.45) is 3.29. The van der Waals surface area contributed by atoms with Crippen LogP contribution in [0.15, 0.2) is 23.1 Å². The minimum Gasteiger partial charge on any atom is -0.389 e. The number of nitrogens with two attached hydrogens (primary N) is 1. The number of thioether (sulfide) groups is 1. The molecule has 2 rings (SSSR count). The maximum atomic E-state index is 5.95. The lowest BCUT2D eigenvalue weighted by Crippen LogP contribution is -2.47. The van der Waals surface area contributed by atoms with Crippen LogP contribution in [0.25, 0.3) is 0 Å². The number of benzene rings is 1. The molecule has 3 nitrogen and oxygen atoms in total. The lowest BCUT2D eigenvalue weighted by molar-refractivity contribution is 0.258. The molecular weight excluding hydrogens is 286 g/mol. The Hall–Kier alpha value is -0.780. The predicted octanol–water partition coefficient (Wildman–Crippen LogP) is 2.57. The number of nitrogens with zero attached hydrogens (tertiary/aromatic N) is 2. The molecule has 0 aliphatic carbocycles. The molecule has 110 valence electrons. The first-order chi connectivity index (χ1) is 9.67. The van der Waals surface area contributed by atoms with E-state index < -0.39 is 0 Å². The molecule has 0 saturated carbocycles. The topological polar surface area (TPSA) is 32.5 Å². The SMILES string of the molecule is CCCN1CCN(c2cccc(SC)c2C(N)=S)CC1. The maximum Gasteiger partial charge on any atom is 0.107 e. The molecule has 1 aliphatic rings. The standard InChI is InChI=1S/C15H23N3S2/c1-3-7-17-8-10-18(11-9-17)12-5-4-6-13(20-2)14(12)15(16)19/h4-6H,3,7-11H2,1-2H3,(H2,16,19). The molecule has 0 amide bonds. The van der Waals surface area contributed by atoms with Crippen LogP contribution in [-0.2, 0) is 0 Å². The number of anilines is 1. The fraction of sp³-hybridized carbons (Fsp3) is 0.533. The molecule has 0 aromatic heterocycles. The third-order valence-corrected chi connectivity index (χ3v) is 4.71. The van der Waals surface area contributed by atoms with Crippen LogP contribution in [0.4, 0.5) is 5.69 Å². The van der Waals surface area contributed by atoms with E-state index in [1.165, 1.54) is 23.5 Å². The number of hydrogen-bond acceptors (Lipinski definition) is 4. The zero-order valence-corrected chi connectivity index (χ0v) is 13.9. The number of thiocarbonyl (C=S) groups is 1. The number of rotatable bonds is 5. The average molecular weight is 310 g/mol. The second-order valence-corrected chi connectivity index (χ2v) is 6.34. The van der Waals surface area contributed by atoms with Crippen LogP contribution < -0.4 is 10.6 Å². The smallest absolute Gasteiger partial charge is 0.107 e. The minimum atomic E-state index is 0.501. The Balaban J connectivity index is 2.19. The van der Waals surface area contributed by atoms with Gasteiger partial charge in [0.1, 0.15) is 4.99 Å². The van der Waals surface area contributed by atoms with E-state index in [0.717, 1.165) is 31.7 Å². The monoisotopic (exact) mass is 309 g/mol. The zero-order valence-electron chi connectivity index (χ0n) is 12.3. The van der Waals surface area contributed by atoms with Gasteiger partial charge in [-0.25, -0.2) is 0 Å². The first-order valence-corrected chi connectivity index (χ1v) is 8.74. The predicted molar refractivity (Wildman–Crippen MR) is 93.1 cm³/mol. The van der Waals surface area contributed by atoms with Gasteiger partial charge in [0.25, 0.3) is 0 Å². The summed E-state index contributed by atoms with van der Waals surface area (Å²) in [6, 6.07) is 6.33. The Morgan fingerprint density at radius 3 is 2.55 bits per heavy atom. The van der Waals surface area contributed by atoms with Crippen LogP contribution in [-0.4, -0.2) is 48.9 Å². The Kier molecular flexibility index (Phi) is 5.69. The molecule has 0 radical (unpaired) electrons. The van der Waals surface area contributed by atoms with Crippen LogP contribution in [0.3, 0.4) is 0 Å². The fourth-order valence-corrected chi connectivity index (χ4v) is 3.64. The van der Waals surface area contributed by atoms with E-state index in [1.54, 1.807) is 11.8 Å². The molecule has 20 heavy (non-hydrogen) atoms. The average Bonchev–Trinajstić information content (AvgIpc) is 2.47. The van der Waals surface area contributed by atoms with E-state index in [2.05, 4.69) is 41.2 Å². The highest BCUT2D eigenvalue weighted by atomic mass is 32.2. The lowest BCUT2D eigenvalue weighted by Gasteiger charge is -2.37. The molecule has 1 heterocycles. The Labute approximate surface area is 131 Å². The van der Waals surface area contributed by atoms with Crippen molar-refractivity contribution in [3.63, 3.8) is 0 Å². The molecule has 2 N–H and O–H groups in total. The van der Waals surface area contributed by atoms with Gasteiger partial charge in [-0.15, -0.1) is 11.8 Å². The molecule has 1 fully saturated rings. The molecule has 1 aromatic carbocycles. The third kappa shape index (κ3) is 3.45. The number of hydrogen-bond donors (Lipinski definition) is 1. The van der Waals surface area contributed by atoms with Crippen molar-refractivity contribution in [2.24, 2.45) is 5.73 Å². The van der Waals surface area contributed by atoms with Crippen molar-refractivity contribution in [3.05, 3.63) is 23.8 Å². The quantitative estimate of drug-likeness (QED) is 0.668. The molecule has 1 aromatic rings. The summed E-state index contributed by atoms with van der Waals surface area (Å²) in [5.41, 5.74) is 8.19. The maximum absolute atomic E-state index is 5.95. The van der Waals surface area contributed by atoms with Gasteiger partial charge in [0, 0.05) is 42.3 Å². The van der Waals surface area contributed by atoms with Gasteiger partial charge in [0.2, 0.25) is 0 Å². The summed E-state index contributed by atoms with van der Waals surface area (Å²) < 4.78 is 0. The van der Waals surface area contributed by atoms with Crippen LogP contribution in [0.1, 0.15) is 18.9 Å². The zero-order chi connectivity index (χ0) is 14.5. The summed E-state index contributed by atoms with van der Waals surface area (Å²) in [5.74, 6) is 0. The fourth-order valence-electron chi connectivity index (χ4n) is 2.73. The van der Waals surface area contributed by atoms with Crippen molar-refractivity contribution >= 4 is 34.7 Å². The summed E-state index contributed by atoms with van der Waals surface area (Å²) in [7, 11) is 0. The highest BCUT2D eigenvalue weighted by Gasteiger charge is 2.20. The molecule has 1 aliphatic heterocycles. The molecule has 5 heteroatoms. The van der Waals surface area contributed by atoms with Crippen LogP contribution in [0.2, 0.25) is 0 Å². The van der Waals surface area contributed by atoms with Crippen molar-refractivity contribution in [2.75, 3.05) is 43.9 Å². The van der Waals surface area contributed by atoms with Gasteiger partial charge < -0.3 is 10.6 Å². The largest absolute Gasteiger partial charge is 0.389 e. The van der Waals surface area contributed by atoms with E-state index in [-0.39, 0.29) is 0 Å². The highest BCUT2D eigenvalue weighted by Crippen LogP contribution is 2.30. The second-order valence-electron chi connectivity index (χ2n) is 5.05. The first-order valence-electron chi connectivity index (χ1n) is 7.11. The minimum absolute atomic E-state index is 0.501. The van der Waals surface area contributed by atoms with Gasteiger partial charge in [-0.3, -0.25) is 4.90 Å². The van der Waals surface area contributed by atoms with Crippen molar-refractivity contribution in [2.45, 2.75) is 18.2 Å². The molecule has 0 unspecified atom stereocenters. The van der Waals surface area contributed by atoms with Crippen LogP contribution in [0, 0.1) is 0 Å². The van der Waals surface area contributed by atoms with Crippen molar-refractivity contribution in [1.82, 2.24) is 4.90 Å². The van der Waals surface area contributed by atoms with Crippen LogP contribution in [0.5, 0.6) is 0 Å². The van der Waals surface area contributed by atoms with Crippen molar-refractivity contribution < 1.29 is 0 Å². The molecule has 0 bridgehead atoms. The molecular formula is C15H23N3S2. The van der Waals surface area contributed by atoms with Gasteiger partial charge in [0.05, 0.1) is 0 Å². The van der Waals surface area contributed by atoms with Crippen molar-refractivity contribution in [3.8, 4) is 0 Å². The third-order valence-electron chi connectivity index (χ3n) is 3.72. The summed E-state index contributed by atoms with van der Waals surface area (Å²) in [5, 5.41) is 0. The lowest BCUT2D eigenvalue weighted by atomic mass is 10.1. The van der Waals surface area contributed by atoms with Gasteiger partial charge in [-0.05, 0) is 31.4 Å². The molecule has 0 atom stereocenters. The van der Waals surface area contributed by atoms with E-state index in [4.69, 9.17) is 18.0 Å². The van der Waals surface area contributed by atoms with Gasteiger partial charge >= 0.3 is 0 Å². The summed E-state index contributed by atoms with van der Waals surface area (Å²) in [4.78, 5) is 6.61. The van der Waals surface area contributed by atoms with Gasteiger partial charge in [-0.2, -0.15) is 0 Å². The summed E-state index contributed by atoms with van der Waals surface area (Å²) >= 11 is 6.97. The second kappa shape index (κ2) is 7.29. The number of piperazine rings is 1. The van der Waals surface area contributed by atoms with Gasteiger partial charge in [0.15, 0.2) is 0 Å². The normalized spacial score (nSPS) is 16.4. The Morgan fingerprint density at radius 1 is 1.30 bits per heavy atom. The highest BCUT2D eigenvalue weighted by molar-refractivity contribution is 7.98. The molecule has 0 spiro atoms. The Bertz CT molecular complexity index is 468. The van der Waals surface area contributed by atoms with Gasteiger partial charge in [-0.1, -0.05) is 25.2 Å². The van der Waals surface area contributed by atoms with E-state index >= 15 is 0 Å².